The number of carbonyl (C=O) groups excluding carboxylic acids is 1. The van der Waals surface area contributed by atoms with Crippen LogP contribution >= 0.6 is 15.9 Å². The number of carbonyl (C=O) groups is 1. The van der Waals surface area contributed by atoms with Crippen LogP contribution in [0, 0.1) is 11.3 Å². The molecular formula is C12H12BrNO3. The lowest BCUT2D eigenvalue weighted by Crippen LogP contribution is -2.10. The van der Waals surface area contributed by atoms with E-state index in [0.29, 0.717) is 16.6 Å². The molecular weight excluding hydrogens is 286 g/mol. The third kappa shape index (κ3) is 2.77. The van der Waals surface area contributed by atoms with Crippen LogP contribution < -0.4 is 4.74 Å². The average Bonchev–Trinajstić information content (AvgIpc) is 2.36. The summed E-state index contributed by atoms with van der Waals surface area (Å²) < 4.78 is 10.0. The van der Waals surface area contributed by atoms with E-state index in [1.54, 1.807) is 19.1 Å². The van der Waals surface area contributed by atoms with Crippen LogP contribution in [-0.2, 0) is 10.1 Å². The predicted molar refractivity (Wildman–Crippen MR) is 66.3 cm³/mol. The van der Waals surface area contributed by atoms with Crippen LogP contribution in [0.4, 0.5) is 0 Å². The first-order valence-electron chi connectivity index (χ1n) is 5.02. The van der Waals surface area contributed by atoms with E-state index in [0.717, 1.165) is 5.56 Å². The fraction of sp³-hybridized carbons (Fsp3) is 0.333. The van der Waals surface area contributed by atoms with Gasteiger partial charge in [-0.05, 0) is 18.6 Å². The van der Waals surface area contributed by atoms with Crippen LogP contribution in [0.3, 0.4) is 0 Å². The second kappa shape index (κ2) is 6.26. The fourth-order valence-electron chi connectivity index (χ4n) is 1.44. The number of halogens is 1. The molecule has 0 aliphatic carbocycles. The number of ether oxygens (including phenoxy) is 2. The van der Waals surface area contributed by atoms with Gasteiger partial charge in [0, 0.05) is 5.33 Å². The summed E-state index contributed by atoms with van der Waals surface area (Å²) in [7, 11) is 1.45. The van der Waals surface area contributed by atoms with Gasteiger partial charge >= 0.3 is 5.97 Å². The summed E-state index contributed by atoms with van der Waals surface area (Å²) in [5, 5.41) is 9.63. The van der Waals surface area contributed by atoms with E-state index in [-0.39, 0.29) is 12.2 Å². The lowest BCUT2D eigenvalue weighted by Gasteiger charge is -2.11. The molecule has 0 bridgehead atoms. The van der Waals surface area contributed by atoms with Crippen molar-refractivity contribution in [3.63, 3.8) is 0 Å². The monoisotopic (exact) mass is 297 g/mol. The van der Waals surface area contributed by atoms with Crippen molar-refractivity contribution < 1.29 is 14.3 Å². The van der Waals surface area contributed by atoms with Gasteiger partial charge in [-0.2, -0.15) is 5.26 Å². The molecule has 90 valence electrons. The normalized spacial score (nSPS) is 9.53. The second-order valence-electron chi connectivity index (χ2n) is 3.14. The van der Waals surface area contributed by atoms with Gasteiger partial charge in [-0.15, -0.1) is 0 Å². The minimum Gasteiger partial charge on any atom is -0.496 e. The summed E-state index contributed by atoms with van der Waals surface area (Å²) in [5.74, 6) is -0.187. The van der Waals surface area contributed by atoms with Gasteiger partial charge in [-0.3, -0.25) is 0 Å². The maximum Gasteiger partial charge on any atom is 0.343 e. The van der Waals surface area contributed by atoms with E-state index in [2.05, 4.69) is 15.9 Å². The summed E-state index contributed by atoms with van der Waals surface area (Å²) >= 11 is 3.27. The van der Waals surface area contributed by atoms with E-state index >= 15 is 0 Å². The van der Waals surface area contributed by atoms with E-state index in [1.165, 1.54) is 7.11 Å². The van der Waals surface area contributed by atoms with Crippen molar-refractivity contribution in [1.29, 1.82) is 5.26 Å². The zero-order valence-corrected chi connectivity index (χ0v) is 11.2. The van der Waals surface area contributed by atoms with E-state index < -0.39 is 5.97 Å². The maximum absolute atomic E-state index is 11.8. The molecule has 0 unspecified atom stereocenters. The Morgan fingerprint density at radius 3 is 2.71 bits per heavy atom. The molecule has 0 aliphatic heterocycles. The van der Waals surface area contributed by atoms with Gasteiger partial charge in [0.1, 0.15) is 17.4 Å². The predicted octanol–water partition coefficient (Wildman–Crippen LogP) is 2.64. The van der Waals surface area contributed by atoms with Crippen LogP contribution in [0.15, 0.2) is 12.1 Å². The molecule has 0 spiro atoms. The average molecular weight is 298 g/mol. The van der Waals surface area contributed by atoms with E-state index in [9.17, 15) is 4.79 Å². The Kier molecular flexibility index (Phi) is 4.98. The molecule has 0 amide bonds. The summed E-state index contributed by atoms with van der Waals surface area (Å²) in [6.45, 7) is 1.97. The number of benzene rings is 1. The molecule has 1 rings (SSSR count). The van der Waals surface area contributed by atoms with Crippen molar-refractivity contribution in [3.05, 3.63) is 28.8 Å². The zero-order chi connectivity index (χ0) is 12.8. The van der Waals surface area contributed by atoms with Crippen molar-refractivity contribution in [2.24, 2.45) is 0 Å². The first-order chi connectivity index (χ1) is 8.19. The van der Waals surface area contributed by atoms with Crippen LogP contribution in [-0.4, -0.2) is 19.7 Å². The minimum atomic E-state index is -0.538. The van der Waals surface area contributed by atoms with Gasteiger partial charge in [-0.1, -0.05) is 22.0 Å². The number of hydrogen-bond acceptors (Lipinski definition) is 4. The molecule has 0 atom stereocenters. The van der Waals surface area contributed by atoms with Crippen molar-refractivity contribution in [3.8, 4) is 11.8 Å². The lowest BCUT2D eigenvalue weighted by atomic mass is 10.0. The summed E-state index contributed by atoms with van der Waals surface area (Å²) in [4.78, 5) is 11.8. The molecule has 5 heteroatoms. The third-order valence-electron chi connectivity index (χ3n) is 2.21. The Balaban J connectivity index is 3.41. The van der Waals surface area contributed by atoms with Crippen LogP contribution in [0.2, 0.25) is 0 Å². The molecule has 1 aromatic carbocycles. The molecule has 0 heterocycles. The summed E-state index contributed by atoms with van der Waals surface area (Å²) in [6, 6.07) is 5.42. The zero-order valence-electron chi connectivity index (χ0n) is 9.62. The van der Waals surface area contributed by atoms with Gasteiger partial charge in [0.2, 0.25) is 0 Å². The van der Waals surface area contributed by atoms with Gasteiger partial charge in [0.05, 0.1) is 19.3 Å². The van der Waals surface area contributed by atoms with Crippen molar-refractivity contribution >= 4 is 21.9 Å². The number of esters is 1. The Morgan fingerprint density at radius 1 is 1.53 bits per heavy atom. The molecule has 0 radical (unpaired) electrons. The number of alkyl halides is 1. The van der Waals surface area contributed by atoms with E-state index in [4.69, 9.17) is 14.7 Å². The fourth-order valence-corrected chi connectivity index (χ4v) is 1.91. The SMILES string of the molecule is CCOC(=O)c1c(OC)ccc(CBr)c1C#N. The van der Waals surface area contributed by atoms with E-state index in [1.807, 2.05) is 6.07 Å². The Bertz CT molecular complexity index is 466. The van der Waals surface area contributed by atoms with Crippen molar-refractivity contribution in [1.82, 2.24) is 0 Å². The largest absolute Gasteiger partial charge is 0.496 e. The van der Waals surface area contributed by atoms with Gasteiger partial charge in [0.25, 0.3) is 0 Å². The first kappa shape index (κ1) is 13.5. The quantitative estimate of drug-likeness (QED) is 0.633. The number of methoxy groups -OCH3 is 1. The van der Waals surface area contributed by atoms with Gasteiger partial charge in [-0.25, -0.2) is 4.79 Å². The highest BCUT2D eigenvalue weighted by molar-refractivity contribution is 9.08. The molecule has 17 heavy (non-hydrogen) atoms. The third-order valence-corrected chi connectivity index (χ3v) is 2.81. The number of hydrogen-bond donors (Lipinski definition) is 0. The van der Waals surface area contributed by atoms with Crippen LogP contribution in [0.1, 0.15) is 28.4 Å². The summed E-state index contributed by atoms with van der Waals surface area (Å²) in [6.07, 6.45) is 0. The maximum atomic E-state index is 11.8. The molecule has 0 fully saturated rings. The lowest BCUT2D eigenvalue weighted by molar-refractivity contribution is 0.0522. The Hall–Kier alpha value is -1.54. The van der Waals surface area contributed by atoms with Gasteiger partial charge < -0.3 is 9.47 Å². The molecule has 0 aromatic heterocycles. The summed E-state index contributed by atoms with van der Waals surface area (Å²) in [5.41, 5.74) is 1.21. The van der Waals surface area contributed by atoms with Crippen LogP contribution in [0.25, 0.3) is 0 Å². The molecule has 0 saturated heterocycles. The highest BCUT2D eigenvalue weighted by Gasteiger charge is 2.21. The number of nitriles is 1. The molecule has 0 aliphatic rings. The Labute approximate surface area is 108 Å². The second-order valence-corrected chi connectivity index (χ2v) is 3.70. The first-order valence-corrected chi connectivity index (χ1v) is 6.14. The Morgan fingerprint density at radius 2 is 2.24 bits per heavy atom. The topological polar surface area (TPSA) is 59.3 Å². The highest BCUT2D eigenvalue weighted by atomic mass is 79.9. The van der Waals surface area contributed by atoms with Crippen molar-refractivity contribution in [2.75, 3.05) is 13.7 Å². The molecule has 0 N–H and O–H groups in total. The number of rotatable bonds is 4. The highest BCUT2D eigenvalue weighted by Crippen LogP contribution is 2.27. The molecule has 4 nitrogen and oxygen atoms in total. The van der Waals surface area contributed by atoms with Crippen molar-refractivity contribution in [2.45, 2.75) is 12.3 Å². The standard InChI is InChI=1S/C12H12BrNO3/c1-3-17-12(15)11-9(7-14)8(6-13)4-5-10(11)16-2/h4-5H,3,6H2,1-2H3. The number of nitrogens with zero attached hydrogens (tertiary/aromatic N) is 1. The smallest absolute Gasteiger partial charge is 0.343 e. The molecule has 1 aromatic rings. The minimum absolute atomic E-state index is 0.189. The van der Waals surface area contributed by atoms with Gasteiger partial charge in [0.15, 0.2) is 0 Å². The van der Waals surface area contributed by atoms with Crippen LogP contribution in [0.5, 0.6) is 5.75 Å². The molecule has 0 saturated carbocycles.